The molecule has 0 atom stereocenters. The zero-order chi connectivity index (χ0) is 17.4. The van der Waals surface area contributed by atoms with E-state index in [4.69, 9.17) is 16.3 Å². The number of carbonyl (C=O) groups is 1. The maximum Gasteiger partial charge on any atom is 0.339 e. The molecule has 7 nitrogen and oxygen atoms in total. The first-order valence-corrected chi connectivity index (χ1v) is 8.92. The van der Waals surface area contributed by atoms with Crippen LogP contribution < -0.4 is 4.72 Å². The third kappa shape index (κ3) is 3.51. The van der Waals surface area contributed by atoms with Crippen LogP contribution in [0.5, 0.6) is 0 Å². The molecule has 0 spiro atoms. The number of sulfonamides is 1. The second-order valence-corrected chi connectivity index (χ2v) is 7.47. The average Bonchev–Trinajstić information content (AvgIpc) is 2.82. The molecule has 0 aliphatic carbocycles. The van der Waals surface area contributed by atoms with E-state index in [0.29, 0.717) is 10.0 Å². The summed E-state index contributed by atoms with van der Waals surface area (Å²) in [5.41, 5.74) is 0.916. The summed E-state index contributed by atoms with van der Waals surface area (Å²) in [6.45, 7) is 1.61. The summed E-state index contributed by atoms with van der Waals surface area (Å²) in [5, 5.41) is -0.167. The van der Waals surface area contributed by atoms with Gasteiger partial charge in [-0.15, -0.1) is 0 Å². The van der Waals surface area contributed by atoms with Gasteiger partial charge >= 0.3 is 5.97 Å². The summed E-state index contributed by atoms with van der Waals surface area (Å²) in [4.78, 5) is 15.6. The van der Waals surface area contributed by atoms with Gasteiger partial charge in [-0.05, 0) is 52.2 Å². The topological polar surface area (TPSA) is 90.3 Å². The largest absolute Gasteiger partial charge is 0.465 e. The minimum atomic E-state index is -3.93. The van der Waals surface area contributed by atoms with E-state index in [2.05, 4.69) is 25.6 Å². The molecule has 0 radical (unpaired) electrons. The second-order valence-electron chi connectivity index (χ2n) is 4.65. The Kier molecular flexibility index (Phi) is 5.02. The molecule has 23 heavy (non-hydrogen) atoms. The third-order valence-electron chi connectivity index (χ3n) is 3.12. The Morgan fingerprint density at radius 2 is 2.09 bits per heavy atom. The van der Waals surface area contributed by atoms with Crippen molar-refractivity contribution in [1.82, 2.24) is 9.55 Å². The molecule has 0 saturated heterocycles. The third-order valence-corrected chi connectivity index (χ3v) is 5.37. The van der Waals surface area contributed by atoms with Crippen molar-refractivity contribution in [2.45, 2.75) is 11.9 Å². The molecule has 124 valence electrons. The molecule has 1 aromatic heterocycles. The maximum atomic E-state index is 12.4. The lowest BCUT2D eigenvalue weighted by atomic mass is 10.1. The highest BCUT2D eigenvalue weighted by molar-refractivity contribution is 9.10. The van der Waals surface area contributed by atoms with Gasteiger partial charge in [-0.2, -0.15) is 8.42 Å². The fourth-order valence-corrected chi connectivity index (χ4v) is 3.79. The summed E-state index contributed by atoms with van der Waals surface area (Å²) in [7, 11) is -1.10. The van der Waals surface area contributed by atoms with Gasteiger partial charge in [0.25, 0.3) is 10.0 Å². The van der Waals surface area contributed by atoms with Crippen molar-refractivity contribution >= 4 is 49.2 Å². The number of hydrogen-bond acceptors (Lipinski definition) is 5. The number of nitrogens with one attached hydrogen (secondary N) is 1. The molecular weight excluding hydrogens is 410 g/mol. The van der Waals surface area contributed by atoms with Crippen molar-refractivity contribution in [1.29, 1.82) is 0 Å². The number of nitrogens with zero attached hydrogens (tertiary/aromatic N) is 2. The van der Waals surface area contributed by atoms with Gasteiger partial charge in [0.1, 0.15) is 0 Å². The van der Waals surface area contributed by atoms with Gasteiger partial charge in [0, 0.05) is 17.7 Å². The van der Waals surface area contributed by atoms with Crippen LogP contribution in [0.1, 0.15) is 15.9 Å². The first kappa shape index (κ1) is 17.8. The predicted molar refractivity (Wildman–Crippen MR) is 89.2 cm³/mol. The van der Waals surface area contributed by atoms with Crippen LogP contribution in [0.15, 0.2) is 27.8 Å². The second kappa shape index (κ2) is 6.50. The van der Waals surface area contributed by atoms with E-state index >= 15 is 0 Å². The molecule has 0 amide bonds. The molecule has 0 bridgehead atoms. The van der Waals surface area contributed by atoms with Crippen LogP contribution in [-0.4, -0.2) is 31.0 Å². The van der Waals surface area contributed by atoms with Gasteiger partial charge in [-0.3, -0.25) is 4.72 Å². The van der Waals surface area contributed by atoms with Crippen LogP contribution >= 0.6 is 27.5 Å². The summed E-state index contributed by atoms with van der Waals surface area (Å²) in [5.74, 6) is -0.573. The van der Waals surface area contributed by atoms with Gasteiger partial charge in [-0.1, -0.05) is 0 Å². The van der Waals surface area contributed by atoms with Crippen molar-refractivity contribution in [2.24, 2.45) is 7.05 Å². The Balaban J connectivity index is 2.46. The Labute approximate surface area is 146 Å². The highest BCUT2D eigenvalue weighted by atomic mass is 79.9. The fourth-order valence-electron chi connectivity index (χ4n) is 1.89. The molecule has 1 N–H and O–H groups in total. The van der Waals surface area contributed by atoms with Crippen molar-refractivity contribution in [3.63, 3.8) is 0 Å². The highest BCUT2D eigenvalue weighted by Crippen LogP contribution is 2.29. The van der Waals surface area contributed by atoms with Crippen LogP contribution in [0, 0.1) is 6.92 Å². The molecule has 0 aliphatic rings. The number of halogens is 2. The summed E-state index contributed by atoms with van der Waals surface area (Å²) >= 11 is 9.02. The standard InChI is InChI=1S/C13H13BrClN3O4S/c1-7-9(5-4-8(14)11(7)12(19)22-3)17-23(20,21)10-6-18(2)13(15)16-10/h4-6,17H,1-3H3. The SMILES string of the molecule is COC(=O)c1c(Br)ccc(NS(=O)(=O)c2cn(C)c(Cl)n2)c1C. The lowest BCUT2D eigenvalue weighted by molar-refractivity contribution is 0.0599. The van der Waals surface area contributed by atoms with E-state index in [1.165, 1.54) is 23.9 Å². The van der Waals surface area contributed by atoms with Crippen molar-refractivity contribution in [3.8, 4) is 0 Å². The zero-order valence-electron chi connectivity index (χ0n) is 12.4. The van der Waals surface area contributed by atoms with E-state index < -0.39 is 16.0 Å². The predicted octanol–water partition coefficient (Wildman–Crippen LogP) is 2.73. The quantitative estimate of drug-likeness (QED) is 0.765. The number of benzene rings is 1. The summed E-state index contributed by atoms with van der Waals surface area (Å²) < 4.78 is 33.8. The van der Waals surface area contributed by atoms with E-state index in [9.17, 15) is 13.2 Å². The Morgan fingerprint density at radius 3 is 2.61 bits per heavy atom. The number of methoxy groups -OCH3 is 1. The lowest BCUT2D eigenvalue weighted by Crippen LogP contribution is -2.16. The summed E-state index contributed by atoms with van der Waals surface area (Å²) in [6, 6.07) is 3.09. The first-order chi connectivity index (χ1) is 10.7. The van der Waals surface area contributed by atoms with Crippen LogP contribution in [-0.2, 0) is 21.8 Å². The average molecular weight is 423 g/mol. The van der Waals surface area contributed by atoms with Crippen LogP contribution in [0.25, 0.3) is 0 Å². The van der Waals surface area contributed by atoms with Gasteiger partial charge < -0.3 is 9.30 Å². The maximum absolute atomic E-state index is 12.4. The van der Waals surface area contributed by atoms with Crippen molar-refractivity contribution < 1.29 is 17.9 Å². The molecule has 2 aromatic rings. The molecule has 0 unspecified atom stereocenters. The molecule has 1 aromatic carbocycles. The lowest BCUT2D eigenvalue weighted by Gasteiger charge is -2.13. The van der Waals surface area contributed by atoms with Crippen molar-refractivity contribution in [3.05, 3.63) is 39.2 Å². The van der Waals surface area contributed by atoms with Crippen LogP contribution in [0.2, 0.25) is 5.28 Å². The smallest absolute Gasteiger partial charge is 0.339 e. The van der Waals surface area contributed by atoms with Gasteiger partial charge in [0.05, 0.1) is 18.4 Å². The molecule has 10 heteroatoms. The van der Waals surface area contributed by atoms with E-state index in [1.54, 1.807) is 20.0 Å². The van der Waals surface area contributed by atoms with Gasteiger partial charge in [-0.25, -0.2) is 9.78 Å². The monoisotopic (exact) mass is 421 g/mol. The fraction of sp³-hybridized carbons (Fsp3) is 0.231. The van der Waals surface area contributed by atoms with E-state index in [0.717, 1.165) is 0 Å². The number of ether oxygens (including phenoxy) is 1. The van der Waals surface area contributed by atoms with Crippen LogP contribution in [0.4, 0.5) is 5.69 Å². The molecular formula is C13H13BrClN3O4S. The normalized spacial score (nSPS) is 11.3. The Bertz CT molecular complexity index is 860. The molecule has 0 fully saturated rings. The molecule has 1 heterocycles. The Hall–Kier alpha value is -1.58. The van der Waals surface area contributed by atoms with E-state index in [-0.39, 0.29) is 21.6 Å². The number of carbonyl (C=O) groups excluding carboxylic acids is 1. The minimum absolute atomic E-state index is 0.0492. The zero-order valence-corrected chi connectivity index (χ0v) is 15.6. The van der Waals surface area contributed by atoms with Gasteiger partial charge in [0.2, 0.25) is 5.28 Å². The number of esters is 1. The molecule has 0 aliphatic heterocycles. The van der Waals surface area contributed by atoms with Crippen molar-refractivity contribution in [2.75, 3.05) is 11.8 Å². The highest BCUT2D eigenvalue weighted by Gasteiger charge is 2.23. The number of hydrogen-bond donors (Lipinski definition) is 1. The van der Waals surface area contributed by atoms with E-state index in [1.807, 2.05) is 0 Å². The Morgan fingerprint density at radius 1 is 1.43 bits per heavy atom. The summed E-state index contributed by atoms with van der Waals surface area (Å²) in [6.07, 6.45) is 1.29. The van der Waals surface area contributed by atoms with Crippen LogP contribution in [0.3, 0.4) is 0 Å². The van der Waals surface area contributed by atoms with Gasteiger partial charge in [0.15, 0.2) is 5.03 Å². The first-order valence-electron chi connectivity index (χ1n) is 6.26. The molecule has 0 saturated carbocycles. The number of rotatable bonds is 4. The molecule has 2 rings (SSSR count). The number of imidazole rings is 1. The minimum Gasteiger partial charge on any atom is -0.465 e. The number of aryl methyl sites for hydroxylation is 1. The number of anilines is 1. The number of aromatic nitrogens is 2.